The maximum Gasteiger partial charge on any atom is 0.337 e. The molecule has 2 heterocycles. The molecule has 1 unspecified atom stereocenters. The second kappa shape index (κ2) is 8.94. The molecule has 2 atom stereocenters. The lowest BCUT2D eigenvalue weighted by Gasteiger charge is -2.33. The van der Waals surface area contributed by atoms with Crippen molar-refractivity contribution in [1.29, 1.82) is 0 Å². The Kier molecular flexibility index (Phi) is 6.16. The predicted molar refractivity (Wildman–Crippen MR) is 98.8 cm³/mol. The molecule has 10 nitrogen and oxygen atoms in total. The van der Waals surface area contributed by atoms with Crippen LogP contribution >= 0.6 is 0 Å². The van der Waals surface area contributed by atoms with Crippen molar-refractivity contribution in [2.45, 2.75) is 31.7 Å². The molecule has 29 heavy (non-hydrogen) atoms. The number of amides is 1. The van der Waals surface area contributed by atoms with Gasteiger partial charge < -0.3 is 14.6 Å². The highest BCUT2D eigenvalue weighted by Crippen LogP contribution is 2.39. The fourth-order valence-corrected chi connectivity index (χ4v) is 3.06. The van der Waals surface area contributed by atoms with E-state index in [1.54, 1.807) is 24.3 Å². The molecule has 2 fully saturated rings. The first kappa shape index (κ1) is 20.0. The average Bonchev–Trinajstić information content (AvgIpc) is 3.02. The van der Waals surface area contributed by atoms with Gasteiger partial charge in [-0.3, -0.25) is 9.69 Å². The van der Waals surface area contributed by atoms with Crippen molar-refractivity contribution in [3.8, 4) is 0 Å². The van der Waals surface area contributed by atoms with Crippen LogP contribution in [-0.4, -0.2) is 46.7 Å². The Hall–Kier alpha value is -3.78. The van der Waals surface area contributed by atoms with Crippen LogP contribution in [0.25, 0.3) is 10.4 Å². The number of ether oxygens (including phenoxy) is 2. The summed E-state index contributed by atoms with van der Waals surface area (Å²) in [5, 5.41) is 12.9. The summed E-state index contributed by atoms with van der Waals surface area (Å²) < 4.78 is 10.9. The Morgan fingerprint density at radius 1 is 1.34 bits per heavy atom. The van der Waals surface area contributed by atoms with E-state index in [-0.39, 0.29) is 43.2 Å². The van der Waals surface area contributed by atoms with Gasteiger partial charge in [0.2, 0.25) is 5.91 Å². The number of azide groups is 1. The molecule has 1 aromatic carbocycles. The van der Waals surface area contributed by atoms with Crippen LogP contribution < -0.4 is 0 Å². The smallest absolute Gasteiger partial charge is 0.337 e. The molecule has 0 radical (unpaired) electrons. The molecule has 2 aliphatic rings. The van der Waals surface area contributed by atoms with E-state index in [1.165, 1.54) is 17.1 Å². The third-order valence-electron chi connectivity index (χ3n) is 4.48. The fourth-order valence-electron chi connectivity index (χ4n) is 3.06. The number of aliphatic carboxylic acids is 1. The van der Waals surface area contributed by atoms with E-state index in [0.29, 0.717) is 0 Å². The van der Waals surface area contributed by atoms with E-state index >= 15 is 0 Å². The molecule has 3 rings (SSSR count). The summed E-state index contributed by atoms with van der Waals surface area (Å²) in [7, 11) is 0. The van der Waals surface area contributed by atoms with Gasteiger partial charge in [0.1, 0.15) is 12.4 Å². The molecule has 10 heteroatoms. The molecule has 0 spiro atoms. The zero-order valence-electron chi connectivity index (χ0n) is 15.3. The Labute approximate surface area is 165 Å². The van der Waals surface area contributed by atoms with Crippen molar-refractivity contribution in [2.75, 3.05) is 6.54 Å². The molecule has 1 amide bonds. The highest BCUT2D eigenvalue weighted by molar-refractivity contribution is 5.95. The van der Waals surface area contributed by atoms with Crippen molar-refractivity contribution in [3.05, 3.63) is 69.8 Å². The summed E-state index contributed by atoms with van der Waals surface area (Å²) >= 11 is 0. The van der Waals surface area contributed by atoms with E-state index in [9.17, 15) is 19.5 Å². The van der Waals surface area contributed by atoms with Crippen molar-refractivity contribution in [2.24, 2.45) is 5.11 Å². The van der Waals surface area contributed by atoms with E-state index < -0.39 is 24.2 Å². The second-order valence-electron chi connectivity index (χ2n) is 6.31. The van der Waals surface area contributed by atoms with Gasteiger partial charge in [0, 0.05) is 17.9 Å². The Morgan fingerprint density at radius 2 is 2.10 bits per heavy atom. The number of rotatable bonds is 8. The number of hydrogen-bond donors (Lipinski definition) is 1. The first-order chi connectivity index (χ1) is 14.0. The van der Waals surface area contributed by atoms with Gasteiger partial charge >= 0.3 is 11.9 Å². The number of β-lactam (4-membered cyclic amide) rings is 1. The van der Waals surface area contributed by atoms with Gasteiger partial charge in [0.15, 0.2) is 12.3 Å². The lowest BCUT2D eigenvalue weighted by atomic mass is 10.0. The van der Waals surface area contributed by atoms with E-state index in [4.69, 9.17) is 15.0 Å². The third kappa shape index (κ3) is 4.39. The lowest BCUT2D eigenvalue weighted by molar-refractivity contribution is -0.166. The summed E-state index contributed by atoms with van der Waals surface area (Å²) in [6, 6.07) is 7.76. The number of nitrogens with zero attached hydrogens (tertiary/aromatic N) is 4. The summed E-state index contributed by atoms with van der Waals surface area (Å²) in [4.78, 5) is 40.3. The molecule has 0 saturated carbocycles. The number of benzene rings is 1. The highest BCUT2D eigenvalue weighted by atomic mass is 16.6. The van der Waals surface area contributed by atoms with Gasteiger partial charge in [-0.05, 0) is 11.1 Å². The molecule has 150 valence electrons. The quantitative estimate of drug-likeness (QED) is 0.135. The van der Waals surface area contributed by atoms with Crippen LogP contribution in [0.5, 0.6) is 0 Å². The SMILES string of the molecule is [N-]=[N+]=NC/C=C/C/C(C(=O)O)=C1\O[C@@H]2CC(=O)N2C1C(=O)OCc1ccccc1. The monoisotopic (exact) mass is 398 g/mol. The van der Waals surface area contributed by atoms with Crippen LogP contribution in [0.15, 0.2) is 58.9 Å². The van der Waals surface area contributed by atoms with Gasteiger partial charge in [-0.15, -0.1) is 0 Å². The van der Waals surface area contributed by atoms with Crippen molar-refractivity contribution in [1.82, 2.24) is 4.90 Å². The Bertz CT molecular complexity index is 920. The van der Waals surface area contributed by atoms with Crippen LogP contribution in [0.2, 0.25) is 0 Å². The number of carboxylic acid groups (broad SMARTS) is 1. The molecule has 1 N–H and O–H groups in total. The van der Waals surface area contributed by atoms with Gasteiger partial charge in [-0.2, -0.15) is 0 Å². The molecule has 2 saturated heterocycles. The zero-order valence-corrected chi connectivity index (χ0v) is 15.3. The van der Waals surface area contributed by atoms with E-state index in [2.05, 4.69) is 10.0 Å². The number of carbonyl (C=O) groups excluding carboxylic acids is 2. The maximum atomic E-state index is 12.7. The van der Waals surface area contributed by atoms with Crippen molar-refractivity contribution < 1.29 is 29.0 Å². The first-order valence-corrected chi connectivity index (χ1v) is 8.83. The maximum absolute atomic E-state index is 12.7. The summed E-state index contributed by atoms with van der Waals surface area (Å²) in [6.07, 6.45) is 2.33. The Morgan fingerprint density at radius 3 is 2.76 bits per heavy atom. The summed E-state index contributed by atoms with van der Waals surface area (Å²) in [6.45, 7) is 0.0555. The topological polar surface area (TPSA) is 142 Å². The van der Waals surface area contributed by atoms with Gasteiger partial charge in [0.25, 0.3) is 0 Å². The molecular weight excluding hydrogens is 380 g/mol. The van der Waals surface area contributed by atoms with Crippen LogP contribution in [0.3, 0.4) is 0 Å². The molecule has 0 aliphatic carbocycles. The first-order valence-electron chi connectivity index (χ1n) is 8.83. The van der Waals surface area contributed by atoms with Crippen molar-refractivity contribution >= 4 is 17.8 Å². The predicted octanol–water partition coefficient (Wildman–Crippen LogP) is 2.28. The summed E-state index contributed by atoms with van der Waals surface area (Å²) in [5.41, 5.74) is 8.87. The number of allylic oxidation sites excluding steroid dienone is 1. The van der Waals surface area contributed by atoms with Crippen LogP contribution in [0, 0.1) is 0 Å². The molecular formula is C19H18N4O6. The Balaban J connectivity index is 1.82. The molecule has 0 aromatic heterocycles. The normalized spacial score (nSPS) is 21.7. The van der Waals surface area contributed by atoms with Gasteiger partial charge in [-0.25, -0.2) is 9.59 Å². The fraction of sp³-hybridized carbons (Fsp3) is 0.316. The standard InChI is InChI=1S/C19H18N4O6/c20-22-21-9-5-4-8-13(18(25)26)17-16(23-14(24)10-15(23)29-17)19(27)28-11-12-6-2-1-3-7-12/h1-7,15-16H,8-11H2,(H,25,26)/b5-4+,17-13+/t15-,16?/m1/s1. The van der Waals surface area contributed by atoms with Crippen molar-refractivity contribution in [3.63, 3.8) is 0 Å². The zero-order chi connectivity index (χ0) is 20.8. The molecule has 1 aromatic rings. The second-order valence-corrected chi connectivity index (χ2v) is 6.31. The number of esters is 1. The molecule has 2 aliphatic heterocycles. The lowest BCUT2D eigenvalue weighted by Crippen LogP contribution is -2.55. The number of carbonyl (C=O) groups is 3. The molecule has 0 bridgehead atoms. The van der Waals surface area contributed by atoms with E-state index in [0.717, 1.165) is 5.56 Å². The van der Waals surface area contributed by atoms with Crippen LogP contribution in [0.4, 0.5) is 0 Å². The largest absolute Gasteiger partial charge is 0.478 e. The number of hydrogen-bond acceptors (Lipinski definition) is 6. The van der Waals surface area contributed by atoms with E-state index in [1.807, 2.05) is 6.07 Å². The third-order valence-corrected chi connectivity index (χ3v) is 4.48. The summed E-state index contributed by atoms with van der Waals surface area (Å²) in [5.74, 6) is -2.43. The highest BCUT2D eigenvalue weighted by Gasteiger charge is 2.55. The van der Waals surface area contributed by atoms with Gasteiger partial charge in [0.05, 0.1) is 12.0 Å². The number of fused-ring (bicyclic) bond motifs is 1. The number of carboxylic acids is 1. The van der Waals surface area contributed by atoms with Gasteiger partial charge in [-0.1, -0.05) is 47.6 Å². The van der Waals surface area contributed by atoms with Crippen LogP contribution in [0.1, 0.15) is 18.4 Å². The average molecular weight is 398 g/mol. The minimum absolute atomic E-state index is 0.00930. The minimum atomic E-state index is -1.27. The minimum Gasteiger partial charge on any atom is -0.478 e. The van der Waals surface area contributed by atoms with Crippen LogP contribution in [-0.2, 0) is 30.5 Å².